The van der Waals surface area contributed by atoms with E-state index >= 15 is 0 Å². The maximum atomic E-state index is 5.80. The summed E-state index contributed by atoms with van der Waals surface area (Å²) < 4.78 is 5.18. The average molecular weight is 243 g/mol. The van der Waals surface area contributed by atoms with E-state index in [1.54, 1.807) is 19.4 Å². The molecule has 0 aliphatic carbocycles. The number of pyridine rings is 1. The third-order valence-electron chi connectivity index (χ3n) is 2.80. The molecule has 0 saturated carbocycles. The average Bonchev–Trinajstić information content (AvgIpc) is 2.37. The van der Waals surface area contributed by atoms with Gasteiger partial charge in [-0.25, -0.2) is 0 Å². The molecule has 0 bridgehead atoms. The lowest BCUT2D eigenvalue weighted by Crippen LogP contribution is -2.02. The monoisotopic (exact) mass is 243 g/mol. The molecular formula is C14H17N3O. The molecule has 0 unspecified atom stereocenters. The third kappa shape index (κ3) is 2.91. The molecule has 4 nitrogen and oxygen atoms in total. The van der Waals surface area contributed by atoms with Crippen LogP contribution in [0.4, 0.5) is 11.4 Å². The van der Waals surface area contributed by atoms with Crippen molar-refractivity contribution in [1.82, 2.24) is 4.98 Å². The fourth-order valence-corrected chi connectivity index (χ4v) is 1.72. The third-order valence-corrected chi connectivity index (χ3v) is 2.80. The van der Waals surface area contributed by atoms with Gasteiger partial charge in [-0.05, 0) is 30.2 Å². The molecule has 0 fully saturated rings. The fourth-order valence-electron chi connectivity index (χ4n) is 1.72. The van der Waals surface area contributed by atoms with Gasteiger partial charge in [0.05, 0.1) is 7.11 Å². The number of nitrogen functional groups attached to an aromatic ring is 1. The van der Waals surface area contributed by atoms with Crippen LogP contribution in [0, 0.1) is 6.92 Å². The van der Waals surface area contributed by atoms with Gasteiger partial charge < -0.3 is 15.8 Å². The molecule has 0 atom stereocenters. The number of aromatic nitrogens is 1. The summed E-state index contributed by atoms with van der Waals surface area (Å²) >= 11 is 0. The molecule has 0 saturated heterocycles. The van der Waals surface area contributed by atoms with Gasteiger partial charge in [0.15, 0.2) is 0 Å². The van der Waals surface area contributed by atoms with Crippen molar-refractivity contribution in [2.45, 2.75) is 13.5 Å². The second kappa shape index (κ2) is 5.40. The minimum absolute atomic E-state index is 0.680. The smallest absolute Gasteiger partial charge is 0.122 e. The second-order valence-corrected chi connectivity index (χ2v) is 4.15. The fraction of sp³-hybridized carbons (Fsp3) is 0.214. The van der Waals surface area contributed by atoms with Gasteiger partial charge in [-0.2, -0.15) is 0 Å². The molecule has 0 radical (unpaired) electrons. The predicted octanol–water partition coefficient (Wildman–Crippen LogP) is 2.59. The summed E-state index contributed by atoms with van der Waals surface area (Å²) in [5, 5.41) is 3.32. The number of aryl methyl sites for hydroxylation is 1. The van der Waals surface area contributed by atoms with Gasteiger partial charge in [0.25, 0.3) is 0 Å². The number of nitrogens with two attached hydrogens (primary N) is 1. The van der Waals surface area contributed by atoms with E-state index in [2.05, 4.69) is 17.2 Å². The predicted molar refractivity (Wildman–Crippen MR) is 73.7 cm³/mol. The zero-order chi connectivity index (χ0) is 13.0. The van der Waals surface area contributed by atoms with Crippen LogP contribution in [0.3, 0.4) is 0 Å². The Morgan fingerprint density at radius 3 is 2.89 bits per heavy atom. The molecule has 2 aromatic rings. The van der Waals surface area contributed by atoms with Crippen LogP contribution in [0.15, 0.2) is 36.7 Å². The summed E-state index contributed by atoms with van der Waals surface area (Å²) in [7, 11) is 1.63. The molecule has 0 aliphatic heterocycles. The van der Waals surface area contributed by atoms with Crippen LogP contribution in [0.2, 0.25) is 0 Å². The zero-order valence-corrected chi connectivity index (χ0v) is 10.6. The highest BCUT2D eigenvalue weighted by molar-refractivity contribution is 5.59. The SMILES string of the molecule is COc1cc(N)cc(NCc2cnccc2C)c1. The lowest BCUT2D eigenvalue weighted by Gasteiger charge is -2.10. The minimum Gasteiger partial charge on any atom is -0.497 e. The lowest BCUT2D eigenvalue weighted by atomic mass is 10.1. The number of hydrogen-bond donors (Lipinski definition) is 2. The van der Waals surface area contributed by atoms with Crippen molar-refractivity contribution < 1.29 is 4.74 Å². The number of rotatable bonds is 4. The number of ether oxygens (including phenoxy) is 1. The van der Waals surface area contributed by atoms with Gasteiger partial charge in [-0.15, -0.1) is 0 Å². The number of methoxy groups -OCH3 is 1. The molecule has 18 heavy (non-hydrogen) atoms. The van der Waals surface area contributed by atoms with Gasteiger partial charge in [0, 0.05) is 42.4 Å². The van der Waals surface area contributed by atoms with Crippen molar-refractivity contribution in [1.29, 1.82) is 0 Å². The summed E-state index contributed by atoms with van der Waals surface area (Å²) in [6.45, 7) is 2.78. The maximum Gasteiger partial charge on any atom is 0.122 e. The summed E-state index contributed by atoms with van der Waals surface area (Å²) in [5.41, 5.74) is 9.80. The first-order valence-electron chi connectivity index (χ1n) is 5.77. The molecule has 0 aliphatic rings. The van der Waals surface area contributed by atoms with Gasteiger partial charge >= 0.3 is 0 Å². The second-order valence-electron chi connectivity index (χ2n) is 4.15. The maximum absolute atomic E-state index is 5.80. The van der Waals surface area contributed by atoms with E-state index in [4.69, 9.17) is 10.5 Å². The Morgan fingerprint density at radius 2 is 2.17 bits per heavy atom. The van der Waals surface area contributed by atoms with E-state index in [0.29, 0.717) is 12.2 Å². The molecule has 4 heteroatoms. The molecule has 1 aromatic heterocycles. The first kappa shape index (κ1) is 12.2. The van der Waals surface area contributed by atoms with Crippen molar-refractivity contribution in [3.8, 4) is 5.75 Å². The quantitative estimate of drug-likeness (QED) is 0.810. The van der Waals surface area contributed by atoms with E-state index in [1.807, 2.05) is 24.4 Å². The molecule has 2 rings (SSSR count). The lowest BCUT2D eigenvalue weighted by molar-refractivity contribution is 0.415. The van der Waals surface area contributed by atoms with Gasteiger partial charge in [-0.1, -0.05) is 0 Å². The largest absolute Gasteiger partial charge is 0.497 e. The van der Waals surface area contributed by atoms with E-state index in [1.165, 1.54) is 11.1 Å². The van der Waals surface area contributed by atoms with E-state index in [0.717, 1.165) is 11.4 Å². The van der Waals surface area contributed by atoms with E-state index < -0.39 is 0 Å². The topological polar surface area (TPSA) is 60.2 Å². The van der Waals surface area contributed by atoms with Crippen molar-refractivity contribution in [2.24, 2.45) is 0 Å². The summed E-state index contributed by atoms with van der Waals surface area (Å²) in [4.78, 5) is 4.12. The Balaban J connectivity index is 2.11. The number of nitrogens with one attached hydrogen (secondary N) is 1. The Bertz CT molecular complexity index is 540. The van der Waals surface area contributed by atoms with Crippen LogP contribution in [-0.4, -0.2) is 12.1 Å². The summed E-state index contributed by atoms with van der Waals surface area (Å²) in [6.07, 6.45) is 3.66. The zero-order valence-electron chi connectivity index (χ0n) is 10.6. The number of hydrogen-bond acceptors (Lipinski definition) is 4. The molecular weight excluding hydrogens is 226 g/mol. The summed E-state index contributed by atoms with van der Waals surface area (Å²) in [6, 6.07) is 7.59. The Kier molecular flexibility index (Phi) is 3.67. The van der Waals surface area contributed by atoms with Crippen LogP contribution < -0.4 is 15.8 Å². The van der Waals surface area contributed by atoms with Crippen molar-refractivity contribution >= 4 is 11.4 Å². The van der Waals surface area contributed by atoms with Crippen LogP contribution in [0.5, 0.6) is 5.75 Å². The normalized spacial score (nSPS) is 10.1. The van der Waals surface area contributed by atoms with Crippen LogP contribution in [0.1, 0.15) is 11.1 Å². The first-order chi connectivity index (χ1) is 8.69. The number of anilines is 2. The van der Waals surface area contributed by atoms with E-state index in [-0.39, 0.29) is 0 Å². The molecule has 3 N–H and O–H groups in total. The van der Waals surface area contributed by atoms with Crippen molar-refractivity contribution in [3.05, 3.63) is 47.8 Å². The van der Waals surface area contributed by atoms with Crippen LogP contribution >= 0.6 is 0 Å². The Hall–Kier alpha value is -2.23. The van der Waals surface area contributed by atoms with Crippen molar-refractivity contribution in [3.63, 3.8) is 0 Å². The molecule has 1 aromatic carbocycles. The summed E-state index contributed by atoms with van der Waals surface area (Å²) in [5.74, 6) is 0.750. The van der Waals surface area contributed by atoms with Gasteiger partial charge in [0.1, 0.15) is 5.75 Å². The molecule has 1 heterocycles. The molecule has 0 spiro atoms. The minimum atomic E-state index is 0.680. The van der Waals surface area contributed by atoms with Crippen molar-refractivity contribution in [2.75, 3.05) is 18.2 Å². The number of benzene rings is 1. The first-order valence-corrected chi connectivity index (χ1v) is 5.77. The highest BCUT2D eigenvalue weighted by Gasteiger charge is 2.01. The van der Waals surface area contributed by atoms with Gasteiger partial charge in [0.2, 0.25) is 0 Å². The van der Waals surface area contributed by atoms with Gasteiger partial charge in [-0.3, -0.25) is 4.98 Å². The molecule has 94 valence electrons. The number of nitrogens with zero attached hydrogens (tertiary/aromatic N) is 1. The van der Waals surface area contributed by atoms with Crippen LogP contribution in [0.25, 0.3) is 0 Å². The molecule has 0 amide bonds. The highest BCUT2D eigenvalue weighted by Crippen LogP contribution is 2.22. The van der Waals surface area contributed by atoms with Crippen LogP contribution in [-0.2, 0) is 6.54 Å². The highest BCUT2D eigenvalue weighted by atomic mass is 16.5. The standard InChI is InChI=1S/C14H17N3O/c1-10-3-4-16-8-11(10)9-17-13-5-12(15)6-14(7-13)18-2/h3-8,17H,9,15H2,1-2H3. The Labute approximate surface area is 107 Å². The van der Waals surface area contributed by atoms with E-state index in [9.17, 15) is 0 Å². The Morgan fingerprint density at radius 1 is 1.33 bits per heavy atom.